The Hall–Kier alpha value is -1.85. The average Bonchev–Trinajstić information content (AvgIpc) is 3.06. The van der Waals surface area contributed by atoms with E-state index in [0.29, 0.717) is 13.0 Å². The van der Waals surface area contributed by atoms with Crippen LogP contribution < -0.4 is 10.1 Å². The van der Waals surface area contributed by atoms with Crippen LogP contribution in [0.25, 0.3) is 0 Å². The monoisotopic (exact) mass is 358 g/mol. The van der Waals surface area contributed by atoms with Crippen LogP contribution in [0.5, 0.6) is 5.75 Å². The zero-order valence-corrected chi connectivity index (χ0v) is 15.7. The highest BCUT2D eigenvalue weighted by Crippen LogP contribution is 2.39. The van der Waals surface area contributed by atoms with Gasteiger partial charge in [-0.25, -0.2) is 0 Å². The minimum atomic E-state index is 0.00506. The van der Waals surface area contributed by atoms with Crippen LogP contribution in [0.15, 0.2) is 36.9 Å². The number of piperidine rings is 1. The smallest absolute Gasteiger partial charge is 0.223 e. The molecule has 5 nitrogen and oxygen atoms in total. The topological polar surface area (TPSA) is 50.8 Å². The number of likely N-dealkylation sites (tertiary alicyclic amines) is 1. The van der Waals surface area contributed by atoms with Crippen LogP contribution in [-0.2, 0) is 16.1 Å². The van der Waals surface area contributed by atoms with Crippen molar-refractivity contribution in [2.45, 2.75) is 50.4 Å². The van der Waals surface area contributed by atoms with Crippen molar-refractivity contribution >= 4 is 5.91 Å². The van der Waals surface area contributed by atoms with Crippen LogP contribution in [-0.4, -0.2) is 49.3 Å². The van der Waals surface area contributed by atoms with E-state index in [0.717, 1.165) is 51.1 Å². The van der Waals surface area contributed by atoms with Crippen LogP contribution in [0.3, 0.4) is 0 Å². The van der Waals surface area contributed by atoms with Gasteiger partial charge in [-0.2, -0.15) is 0 Å². The summed E-state index contributed by atoms with van der Waals surface area (Å²) < 4.78 is 11.8. The summed E-state index contributed by atoms with van der Waals surface area (Å²) in [5, 5.41) is 2.94. The number of carbonyl (C=O) groups excluding carboxylic acids is 1. The van der Waals surface area contributed by atoms with E-state index in [9.17, 15) is 4.79 Å². The number of hydrogen-bond donors (Lipinski definition) is 1. The van der Waals surface area contributed by atoms with Crippen molar-refractivity contribution in [2.75, 3.05) is 26.7 Å². The first-order valence-electron chi connectivity index (χ1n) is 9.54. The molecule has 1 unspecified atom stereocenters. The lowest BCUT2D eigenvalue weighted by atomic mass is 9.88. The highest BCUT2D eigenvalue weighted by atomic mass is 16.5. The number of hydrogen-bond acceptors (Lipinski definition) is 4. The molecule has 2 fully saturated rings. The number of carbonyl (C=O) groups is 1. The standard InChI is InChI=1S/C21H30N2O3/c1-3-6-20(24)22-15-18-9-10-21(26-18)11-13-23(14-12-21)16-17-7-4-5-8-19(17)25-2/h3-5,7-8,18H,1,6,9-16H2,2H3,(H,22,24). The van der Waals surface area contributed by atoms with Gasteiger partial charge in [-0.05, 0) is 31.7 Å². The van der Waals surface area contributed by atoms with Crippen molar-refractivity contribution in [1.82, 2.24) is 10.2 Å². The summed E-state index contributed by atoms with van der Waals surface area (Å²) in [7, 11) is 1.73. The second-order valence-electron chi connectivity index (χ2n) is 7.35. The third kappa shape index (κ3) is 4.65. The van der Waals surface area contributed by atoms with Crippen LogP contribution in [0.1, 0.15) is 37.7 Å². The Morgan fingerprint density at radius 1 is 1.38 bits per heavy atom. The molecule has 0 saturated carbocycles. The summed E-state index contributed by atoms with van der Waals surface area (Å²) in [5.41, 5.74) is 1.24. The van der Waals surface area contributed by atoms with E-state index in [-0.39, 0.29) is 17.6 Å². The first kappa shape index (κ1) is 18.9. The van der Waals surface area contributed by atoms with E-state index in [4.69, 9.17) is 9.47 Å². The molecule has 2 saturated heterocycles. The van der Waals surface area contributed by atoms with Gasteiger partial charge in [0.25, 0.3) is 0 Å². The van der Waals surface area contributed by atoms with Gasteiger partial charge in [0.1, 0.15) is 5.75 Å². The molecule has 0 bridgehead atoms. The largest absolute Gasteiger partial charge is 0.496 e. The van der Waals surface area contributed by atoms with Crippen molar-refractivity contribution in [1.29, 1.82) is 0 Å². The minimum Gasteiger partial charge on any atom is -0.496 e. The molecular formula is C21H30N2O3. The number of amides is 1. The van der Waals surface area contributed by atoms with Gasteiger partial charge in [-0.1, -0.05) is 24.3 Å². The highest BCUT2D eigenvalue weighted by Gasteiger charge is 2.42. The fourth-order valence-corrected chi connectivity index (χ4v) is 4.03. The lowest BCUT2D eigenvalue weighted by molar-refractivity contribution is -0.122. The average molecular weight is 358 g/mol. The maximum atomic E-state index is 11.6. The van der Waals surface area contributed by atoms with Crippen molar-refractivity contribution < 1.29 is 14.3 Å². The summed E-state index contributed by atoms with van der Waals surface area (Å²) in [6.07, 6.45) is 6.38. The number of nitrogens with zero attached hydrogens (tertiary/aromatic N) is 1. The van der Waals surface area contributed by atoms with E-state index >= 15 is 0 Å². The molecule has 2 heterocycles. The van der Waals surface area contributed by atoms with Gasteiger partial charge in [0.15, 0.2) is 0 Å². The molecule has 0 aliphatic carbocycles. The SMILES string of the molecule is C=CCC(=O)NCC1CCC2(CCN(Cc3ccccc3OC)CC2)O1. The van der Waals surface area contributed by atoms with Crippen LogP contribution in [0, 0.1) is 0 Å². The van der Waals surface area contributed by atoms with E-state index in [1.54, 1.807) is 13.2 Å². The fraction of sp³-hybridized carbons (Fsp3) is 0.571. The molecule has 0 radical (unpaired) electrons. The van der Waals surface area contributed by atoms with E-state index in [2.05, 4.69) is 28.9 Å². The van der Waals surface area contributed by atoms with Crippen molar-refractivity contribution in [3.63, 3.8) is 0 Å². The van der Waals surface area contributed by atoms with Crippen molar-refractivity contribution in [3.05, 3.63) is 42.5 Å². The Labute approximate surface area is 156 Å². The molecule has 1 amide bonds. The van der Waals surface area contributed by atoms with Crippen molar-refractivity contribution in [2.24, 2.45) is 0 Å². The third-order valence-corrected chi connectivity index (χ3v) is 5.55. The summed E-state index contributed by atoms with van der Waals surface area (Å²) in [5.74, 6) is 0.983. The third-order valence-electron chi connectivity index (χ3n) is 5.55. The predicted octanol–water partition coefficient (Wildman–Crippen LogP) is 2.90. The lowest BCUT2D eigenvalue weighted by Gasteiger charge is -2.39. The van der Waals surface area contributed by atoms with Crippen LogP contribution in [0.2, 0.25) is 0 Å². The maximum Gasteiger partial charge on any atom is 0.223 e. The number of para-hydroxylation sites is 1. The molecule has 26 heavy (non-hydrogen) atoms. The number of rotatable bonds is 7. The van der Waals surface area contributed by atoms with Crippen LogP contribution in [0.4, 0.5) is 0 Å². The predicted molar refractivity (Wildman–Crippen MR) is 102 cm³/mol. The van der Waals surface area contributed by atoms with E-state index in [1.807, 2.05) is 12.1 Å². The Morgan fingerprint density at radius 2 is 2.15 bits per heavy atom. The highest BCUT2D eigenvalue weighted by molar-refractivity contribution is 5.77. The van der Waals surface area contributed by atoms with E-state index in [1.165, 1.54) is 5.56 Å². The fourth-order valence-electron chi connectivity index (χ4n) is 4.03. The zero-order valence-electron chi connectivity index (χ0n) is 15.7. The number of nitrogens with one attached hydrogen (secondary N) is 1. The number of ether oxygens (including phenoxy) is 2. The van der Waals surface area contributed by atoms with Gasteiger partial charge < -0.3 is 14.8 Å². The van der Waals surface area contributed by atoms with Gasteiger partial charge in [0, 0.05) is 38.2 Å². The first-order valence-corrected chi connectivity index (χ1v) is 9.54. The molecule has 142 valence electrons. The second kappa shape index (κ2) is 8.69. The Bertz CT molecular complexity index is 623. The van der Waals surface area contributed by atoms with Gasteiger partial charge in [-0.15, -0.1) is 6.58 Å². The van der Waals surface area contributed by atoms with Gasteiger partial charge in [-0.3, -0.25) is 9.69 Å². The minimum absolute atomic E-state index is 0.00506. The maximum absolute atomic E-state index is 11.6. The summed E-state index contributed by atoms with van der Waals surface area (Å²) in [4.78, 5) is 14.1. The molecule has 1 aromatic carbocycles. The Balaban J connectivity index is 1.46. The number of benzene rings is 1. The molecule has 1 aromatic rings. The Kier molecular flexibility index (Phi) is 6.33. The lowest BCUT2D eigenvalue weighted by Crippen LogP contribution is -2.44. The molecule has 3 rings (SSSR count). The number of methoxy groups -OCH3 is 1. The Morgan fingerprint density at radius 3 is 2.88 bits per heavy atom. The summed E-state index contributed by atoms with van der Waals surface area (Å²) in [6, 6.07) is 8.23. The quantitative estimate of drug-likeness (QED) is 0.762. The molecule has 1 atom stereocenters. The molecule has 1 N–H and O–H groups in total. The second-order valence-corrected chi connectivity index (χ2v) is 7.35. The molecule has 2 aliphatic heterocycles. The van der Waals surface area contributed by atoms with Crippen molar-refractivity contribution in [3.8, 4) is 5.75 Å². The molecular weight excluding hydrogens is 328 g/mol. The zero-order chi connectivity index (χ0) is 18.4. The first-order chi connectivity index (χ1) is 12.6. The van der Waals surface area contributed by atoms with Gasteiger partial charge in [0.05, 0.1) is 18.8 Å². The van der Waals surface area contributed by atoms with Crippen LogP contribution >= 0.6 is 0 Å². The summed E-state index contributed by atoms with van der Waals surface area (Å²) in [6.45, 7) is 7.19. The molecule has 0 aromatic heterocycles. The normalized spacial score (nSPS) is 22.3. The van der Waals surface area contributed by atoms with Gasteiger partial charge in [0.2, 0.25) is 5.91 Å². The van der Waals surface area contributed by atoms with E-state index < -0.39 is 0 Å². The molecule has 1 spiro atoms. The van der Waals surface area contributed by atoms with Gasteiger partial charge >= 0.3 is 0 Å². The molecule has 2 aliphatic rings. The summed E-state index contributed by atoms with van der Waals surface area (Å²) >= 11 is 0. The molecule has 5 heteroatoms.